The Morgan fingerprint density at radius 3 is 1.60 bits per heavy atom. The van der Waals surface area contributed by atoms with Gasteiger partial charge in [0.1, 0.15) is 73.2 Å². The van der Waals surface area contributed by atoms with E-state index in [0.29, 0.717) is 12.8 Å². The number of unbranched alkanes of at least 4 members (excludes halogenated alkanes) is 11. The highest BCUT2D eigenvalue weighted by molar-refractivity contribution is 5.76. The van der Waals surface area contributed by atoms with Crippen LogP contribution in [0, 0.1) is 0 Å². The van der Waals surface area contributed by atoms with Crippen LogP contribution in [0.3, 0.4) is 0 Å². The molecule has 0 aromatic carbocycles. The molecule has 0 aromatic rings. The molecular formula is C43H77NO18. The molecule has 0 bridgehead atoms. The predicted octanol–water partition coefficient (Wildman–Crippen LogP) is -0.699. The van der Waals surface area contributed by atoms with E-state index in [1.54, 1.807) is 12.2 Å². The van der Waals surface area contributed by atoms with Crippen LogP contribution in [0.5, 0.6) is 0 Å². The maximum absolute atomic E-state index is 13.0. The zero-order chi connectivity index (χ0) is 45.6. The molecule has 1 amide bonds. The van der Waals surface area contributed by atoms with Crippen molar-refractivity contribution in [2.45, 2.75) is 214 Å². The Morgan fingerprint density at radius 2 is 1.03 bits per heavy atom. The van der Waals surface area contributed by atoms with Gasteiger partial charge in [-0.2, -0.15) is 0 Å². The second-order valence-corrected chi connectivity index (χ2v) is 16.5. The molecule has 3 aliphatic heterocycles. The quantitative estimate of drug-likeness (QED) is 0.0326. The second-order valence-electron chi connectivity index (χ2n) is 16.5. The zero-order valence-electron chi connectivity index (χ0n) is 36.3. The van der Waals surface area contributed by atoms with E-state index in [1.807, 2.05) is 0 Å². The highest BCUT2D eigenvalue weighted by atomic mass is 16.8. The lowest BCUT2D eigenvalue weighted by molar-refractivity contribution is -0.379. The van der Waals surface area contributed by atoms with Crippen molar-refractivity contribution in [2.24, 2.45) is 0 Å². The summed E-state index contributed by atoms with van der Waals surface area (Å²) < 4.78 is 33.9. The molecule has 0 radical (unpaired) electrons. The molecule has 3 heterocycles. The molecule has 3 aliphatic rings. The second kappa shape index (κ2) is 29.7. The minimum absolute atomic E-state index is 0.236. The summed E-state index contributed by atoms with van der Waals surface area (Å²) in [5.74, 6) is -0.296. The molecule has 362 valence electrons. The van der Waals surface area contributed by atoms with Crippen molar-refractivity contribution in [2.75, 3.05) is 26.4 Å². The topological polar surface area (TPSA) is 307 Å². The lowest BCUT2D eigenvalue weighted by Gasteiger charge is -2.48. The van der Waals surface area contributed by atoms with Gasteiger partial charge >= 0.3 is 0 Å². The van der Waals surface area contributed by atoms with Crippen molar-refractivity contribution in [1.82, 2.24) is 5.32 Å². The van der Waals surface area contributed by atoms with Crippen LogP contribution in [0.15, 0.2) is 24.3 Å². The van der Waals surface area contributed by atoms with Crippen LogP contribution in [0.2, 0.25) is 0 Å². The third kappa shape index (κ3) is 16.9. The highest BCUT2D eigenvalue weighted by Gasteiger charge is 2.53. The summed E-state index contributed by atoms with van der Waals surface area (Å²) in [5.41, 5.74) is 0. The van der Waals surface area contributed by atoms with Crippen LogP contribution in [-0.4, -0.2) is 193 Å². The minimum atomic E-state index is -1.98. The number of carbonyl (C=O) groups is 1. The molecule has 17 atom stereocenters. The van der Waals surface area contributed by atoms with E-state index in [0.717, 1.165) is 44.9 Å². The zero-order valence-corrected chi connectivity index (χ0v) is 36.3. The van der Waals surface area contributed by atoms with Gasteiger partial charge in [-0.15, -0.1) is 0 Å². The third-order valence-electron chi connectivity index (χ3n) is 11.5. The number of hydrogen-bond donors (Lipinski definition) is 12. The van der Waals surface area contributed by atoms with E-state index in [9.17, 15) is 61.0 Å². The molecule has 17 unspecified atom stereocenters. The van der Waals surface area contributed by atoms with Crippen LogP contribution < -0.4 is 5.32 Å². The number of hydrogen-bond acceptors (Lipinski definition) is 18. The third-order valence-corrected chi connectivity index (χ3v) is 11.5. The molecule has 0 aromatic heterocycles. The van der Waals surface area contributed by atoms with E-state index in [-0.39, 0.29) is 18.9 Å². The van der Waals surface area contributed by atoms with Crippen molar-refractivity contribution in [1.29, 1.82) is 0 Å². The first-order chi connectivity index (χ1) is 29.8. The monoisotopic (exact) mass is 896 g/mol. The summed E-state index contributed by atoms with van der Waals surface area (Å²) in [6.07, 6.45) is -4.66. The van der Waals surface area contributed by atoms with Gasteiger partial charge in [-0.3, -0.25) is 4.79 Å². The molecule has 62 heavy (non-hydrogen) atoms. The van der Waals surface area contributed by atoms with Crippen molar-refractivity contribution in [3.63, 3.8) is 0 Å². The Kier molecular flexibility index (Phi) is 26.2. The maximum Gasteiger partial charge on any atom is 0.220 e. The first kappa shape index (κ1) is 54.6. The summed E-state index contributed by atoms with van der Waals surface area (Å²) in [4.78, 5) is 13.0. The molecule has 3 rings (SSSR count). The van der Waals surface area contributed by atoms with Crippen LogP contribution in [0.25, 0.3) is 0 Å². The first-order valence-corrected chi connectivity index (χ1v) is 22.6. The van der Waals surface area contributed by atoms with Crippen LogP contribution in [-0.2, 0) is 33.2 Å². The number of aliphatic hydroxyl groups excluding tert-OH is 11. The normalized spacial score (nSPS) is 35.4. The Morgan fingerprint density at radius 1 is 0.565 bits per heavy atom. The fourth-order valence-electron chi connectivity index (χ4n) is 7.60. The lowest BCUT2D eigenvalue weighted by Crippen LogP contribution is -2.66. The van der Waals surface area contributed by atoms with Crippen LogP contribution >= 0.6 is 0 Å². The van der Waals surface area contributed by atoms with Gasteiger partial charge in [0, 0.05) is 6.42 Å². The van der Waals surface area contributed by atoms with Crippen molar-refractivity contribution in [3.8, 4) is 0 Å². The highest BCUT2D eigenvalue weighted by Crippen LogP contribution is 2.33. The van der Waals surface area contributed by atoms with E-state index in [2.05, 4.69) is 31.3 Å². The average Bonchev–Trinajstić information content (AvgIpc) is 3.26. The number of nitrogens with one attached hydrogen (secondary N) is 1. The first-order valence-electron chi connectivity index (χ1n) is 22.6. The molecule has 19 heteroatoms. The average molecular weight is 896 g/mol. The van der Waals surface area contributed by atoms with Crippen LogP contribution in [0.1, 0.15) is 110 Å². The minimum Gasteiger partial charge on any atom is -0.394 e. The fourth-order valence-corrected chi connectivity index (χ4v) is 7.60. The molecule has 0 spiro atoms. The molecule has 3 saturated heterocycles. The smallest absolute Gasteiger partial charge is 0.220 e. The standard InChI is InChI=1S/C43H77NO18/c1-3-5-7-9-11-13-15-17-19-21-31(49)44-26(27(48)20-18-16-14-12-10-8-6-4-2)25-57-41-37(55)34(52)39(29(23-46)59-41)62-43-38(56)35(53)40(30(24-47)60-43)61-42-36(54)33(51)32(50)28(22-45)58-42/h10,12,18,20,26-30,32-43,45-48,50-56H,3-9,11,13-17,19,21-25H2,1-2H3,(H,44,49)/b12-10+,20-18+. The number of allylic oxidation sites excluding steroid dienone is 3. The van der Waals surface area contributed by atoms with Gasteiger partial charge in [0.2, 0.25) is 5.91 Å². The van der Waals surface area contributed by atoms with Gasteiger partial charge in [0.25, 0.3) is 0 Å². The Bertz CT molecular complexity index is 1260. The van der Waals surface area contributed by atoms with Gasteiger partial charge in [-0.25, -0.2) is 0 Å². The predicted molar refractivity (Wildman–Crippen MR) is 222 cm³/mol. The van der Waals surface area contributed by atoms with E-state index in [1.165, 1.54) is 32.1 Å². The number of carbonyl (C=O) groups excluding carboxylic acids is 1. The maximum atomic E-state index is 13.0. The molecule has 0 aliphatic carbocycles. The Hall–Kier alpha value is -1.73. The molecule has 12 N–H and O–H groups in total. The summed E-state index contributed by atoms with van der Waals surface area (Å²) >= 11 is 0. The van der Waals surface area contributed by atoms with Crippen molar-refractivity contribution in [3.05, 3.63) is 24.3 Å². The van der Waals surface area contributed by atoms with Gasteiger partial charge in [0.05, 0.1) is 38.6 Å². The number of aliphatic hydroxyl groups is 11. The van der Waals surface area contributed by atoms with Gasteiger partial charge in [-0.05, 0) is 25.7 Å². The van der Waals surface area contributed by atoms with E-state index < -0.39 is 124 Å². The Balaban J connectivity index is 1.62. The summed E-state index contributed by atoms with van der Waals surface area (Å²) in [5, 5.41) is 119. The SMILES string of the molecule is CCCC/C=C/CC/C=C/C(O)C(COC1OC(CO)C(OC2OC(CO)C(OC3OC(CO)C(O)C(O)C3O)C(O)C2O)C(O)C1O)NC(=O)CCCCCCCCCCC. The summed E-state index contributed by atoms with van der Waals surface area (Å²) in [6, 6.07) is -0.979. The molecule has 0 saturated carbocycles. The summed E-state index contributed by atoms with van der Waals surface area (Å²) in [6.45, 7) is 1.52. The van der Waals surface area contributed by atoms with E-state index >= 15 is 0 Å². The van der Waals surface area contributed by atoms with Crippen LogP contribution in [0.4, 0.5) is 0 Å². The molecule has 3 fully saturated rings. The van der Waals surface area contributed by atoms with Crippen molar-refractivity contribution < 1.29 is 89.4 Å². The number of rotatable bonds is 29. The molecular weight excluding hydrogens is 818 g/mol. The van der Waals surface area contributed by atoms with Gasteiger partial charge < -0.3 is 89.9 Å². The number of ether oxygens (including phenoxy) is 6. The largest absolute Gasteiger partial charge is 0.394 e. The van der Waals surface area contributed by atoms with Crippen molar-refractivity contribution >= 4 is 5.91 Å². The van der Waals surface area contributed by atoms with Gasteiger partial charge in [-0.1, -0.05) is 102 Å². The summed E-state index contributed by atoms with van der Waals surface area (Å²) in [7, 11) is 0. The fraction of sp³-hybridized carbons (Fsp3) is 0.884. The number of amides is 1. The molecule has 19 nitrogen and oxygen atoms in total. The van der Waals surface area contributed by atoms with E-state index in [4.69, 9.17) is 28.4 Å². The lowest BCUT2D eigenvalue weighted by atomic mass is 9.96. The van der Waals surface area contributed by atoms with Gasteiger partial charge in [0.15, 0.2) is 18.9 Å². The Labute approximate surface area is 365 Å².